The molecule has 0 saturated heterocycles. The van der Waals surface area contributed by atoms with Crippen molar-refractivity contribution in [3.63, 3.8) is 0 Å². The zero-order valence-electron chi connectivity index (χ0n) is 12.1. The lowest BCUT2D eigenvalue weighted by Gasteiger charge is -2.21. The van der Waals surface area contributed by atoms with Crippen LogP contribution in [-0.4, -0.2) is 37.2 Å². The van der Waals surface area contributed by atoms with Gasteiger partial charge in [0.15, 0.2) is 11.5 Å². The molecule has 0 spiro atoms. The summed E-state index contributed by atoms with van der Waals surface area (Å²) in [4.78, 5) is 1.22. The Morgan fingerprint density at radius 2 is 2.00 bits per heavy atom. The molecular formula is C15H23NO3S. The van der Waals surface area contributed by atoms with Crippen LogP contribution in [-0.2, 0) is 6.54 Å². The summed E-state index contributed by atoms with van der Waals surface area (Å²) in [5.74, 6) is 1.69. The predicted molar refractivity (Wildman–Crippen MR) is 81.8 cm³/mol. The second-order valence-electron chi connectivity index (χ2n) is 4.96. The first kappa shape index (κ1) is 15.5. The summed E-state index contributed by atoms with van der Waals surface area (Å²) >= 11 is 1.72. The van der Waals surface area contributed by atoms with Gasteiger partial charge in [-0.2, -0.15) is 0 Å². The van der Waals surface area contributed by atoms with Crippen molar-refractivity contribution in [2.24, 2.45) is 0 Å². The molecule has 0 fully saturated rings. The number of hydrogen-bond donors (Lipinski definition) is 2. The fourth-order valence-corrected chi connectivity index (χ4v) is 2.84. The molecule has 0 amide bonds. The Balaban J connectivity index is 2.02. The number of rotatable bonds is 7. The van der Waals surface area contributed by atoms with Gasteiger partial charge in [0.2, 0.25) is 0 Å². The van der Waals surface area contributed by atoms with E-state index in [2.05, 4.69) is 30.6 Å². The van der Waals surface area contributed by atoms with Crippen molar-refractivity contribution in [3.05, 3.63) is 17.7 Å². The van der Waals surface area contributed by atoms with Gasteiger partial charge in [-0.05, 0) is 43.7 Å². The lowest BCUT2D eigenvalue weighted by Crippen LogP contribution is -2.26. The van der Waals surface area contributed by atoms with Crippen LogP contribution in [0.25, 0.3) is 0 Å². The maximum Gasteiger partial charge on any atom is 0.162 e. The van der Waals surface area contributed by atoms with Crippen LogP contribution in [0.3, 0.4) is 0 Å². The predicted octanol–water partition coefficient (Wildman–Crippen LogP) is 2.43. The summed E-state index contributed by atoms with van der Waals surface area (Å²) in [5, 5.41) is 12.3. The van der Waals surface area contributed by atoms with E-state index in [9.17, 15) is 0 Å². The van der Waals surface area contributed by atoms with E-state index in [1.165, 1.54) is 10.5 Å². The van der Waals surface area contributed by atoms with Gasteiger partial charge in [0.1, 0.15) is 13.2 Å². The van der Waals surface area contributed by atoms with Gasteiger partial charge in [0, 0.05) is 24.1 Å². The molecule has 0 radical (unpaired) electrons. The number of fused-ring (bicyclic) bond motifs is 1. The van der Waals surface area contributed by atoms with Crippen molar-refractivity contribution >= 4 is 11.8 Å². The summed E-state index contributed by atoms with van der Waals surface area (Å²) in [5.41, 5.74) is 1.23. The lowest BCUT2D eigenvalue weighted by atomic mass is 10.1. The summed E-state index contributed by atoms with van der Waals surface area (Å²) < 4.78 is 11.3. The summed E-state index contributed by atoms with van der Waals surface area (Å²) in [6.07, 6.45) is 3.89. The van der Waals surface area contributed by atoms with Crippen LogP contribution in [0.1, 0.15) is 25.3 Å². The third-order valence-electron chi connectivity index (χ3n) is 3.38. The molecule has 2 rings (SSSR count). The van der Waals surface area contributed by atoms with Crippen LogP contribution in [0, 0.1) is 0 Å². The van der Waals surface area contributed by atoms with Crippen LogP contribution < -0.4 is 14.8 Å². The van der Waals surface area contributed by atoms with Crippen LogP contribution in [0.15, 0.2) is 17.0 Å². The van der Waals surface area contributed by atoms with E-state index in [0.717, 1.165) is 30.9 Å². The van der Waals surface area contributed by atoms with E-state index in [4.69, 9.17) is 14.6 Å². The first-order valence-electron chi connectivity index (χ1n) is 7.05. The third kappa shape index (κ3) is 4.04. The van der Waals surface area contributed by atoms with Gasteiger partial charge in [-0.1, -0.05) is 0 Å². The van der Waals surface area contributed by atoms with E-state index in [1.54, 1.807) is 11.8 Å². The number of thioether (sulfide) groups is 1. The first-order valence-corrected chi connectivity index (χ1v) is 8.28. The number of hydrogen-bond acceptors (Lipinski definition) is 5. The molecule has 1 aromatic carbocycles. The average molecular weight is 297 g/mol. The Labute approximate surface area is 124 Å². The van der Waals surface area contributed by atoms with Gasteiger partial charge in [0.25, 0.3) is 0 Å². The normalized spacial score (nSPS) is 15.2. The largest absolute Gasteiger partial charge is 0.486 e. The molecule has 0 aromatic heterocycles. The molecule has 1 heterocycles. The Morgan fingerprint density at radius 3 is 2.65 bits per heavy atom. The zero-order chi connectivity index (χ0) is 14.4. The smallest absolute Gasteiger partial charge is 0.162 e. The highest BCUT2D eigenvalue weighted by Gasteiger charge is 2.15. The standard InChI is InChI=1S/C15H23NO3S/c1-11(4-3-5-17)16-10-12-8-13-14(9-15(12)20-2)19-7-6-18-13/h8-9,11,16-17H,3-7,10H2,1-2H3. The van der Waals surface area contributed by atoms with Crippen molar-refractivity contribution in [1.82, 2.24) is 5.32 Å². The quantitative estimate of drug-likeness (QED) is 0.757. The molecule has 1 aromatic rings. The van der Waals surface area contributed by atoms with Crippen LogP contribution in [0.2, 0.25) is 0 Å². The second-order valence-corrected chi connectivity index (χ2v) is 5.80. The zero-order valence-corrected chi connectivity index (χ0v) is 13.0. The summed E-state index contributed by atoms with van der Waals surface area (Å²) in [7, 11) is 0. The Kier molecular flexibility index (Phi) is 6.01. The average Bonchev–Trinajstić information content (AvgIpc) is 2.49. The second kappa shape index (κ2) is 7.76. The Hall–Kier alpha value is -0.910. The molecule has 0 saturated carbocycles. The number of benzene rings is 1. The van der Waals surface area contributed by atoms with Crippen molar-refractivity contribution in [1.29, 1.82) is 0 Å². The maximum absolute atomic E-state index is 8.85. The van der Waals surface area contributed by atoms with Gasteiger partial charge < -0.3 is 19.9 Å². The highest BCUT2D eigenvalue weighted by atomic mass is 32.2. The van der Waals surface area contributed by atoms with E-state index in [1.807, 2.05) is 0 Å². The van der Waals surface area contributed by atoms with Crippen molar-refractivity contribution in [2.75, 3.05) is 26.1 Å². The van der Waals surface area contributed by atoms with Crippen molar-refractivity contribution < 1.29 is 14.6 Å². The van der Waals surface area contributed by atoms with E-state index in [-0.39, 0.29) is 6.61 Å². The summed E-state index contributed by atoms with van der Waals surface area (Å²) in [6.45, 7) is 4.44. The minimum absolute atomic E-state index is 0.256. The SMILES string of the molecule is CSc1cc2c(cc1CNC(C)CCCO)OCCO2. The summed E-state index contributed by atoms with van der Waals surface area (Å²) in [6, 6.07) is 4.53. The molecule has 112 valence electrons. The third-order valence-corrected chi connectivity index (χ3v) is 4.20. The highest BCUT2D eigenvalue weighted by Crippen LogP contribution is 2.36. The molecule has 0 aliphatic carbocycles. The van der Waals surface area contributed by atoms with Crippen LogP contribution in [0.4, 0.5) is 0 Å². The lowest BCUT2D eigenvalue weighted by molar-refractivity contribution is 0.171. The maximum atomic E-state index is 8.85. The fraction of sp³-hybridized carbons (Fsp3) is 0.600. The topological polar surface area (TPSA) is 50.7 Å². The van der Waals surface area contributed by atoms with Crippen LogP contribution >= 0.6 is 11.8 Å². The number of ether oxygens (including phenoxy) is 2. The van der Waals surface area contributed by atoms with Crippen LogP contribution in [0.5, 0.6) is 11.5 Å². The van der Waals surface area contributed by atoms with Crippen molar-refractivity contribution in [2.45, 2.75) is 37.2 Å². The van der Waals surface area contributed by atoms with E-state index in [0.29, 0.717) is 19.3 Å². The van der Waals surface area contributed by atoms with Gasteiger partial charge in [0.05, 0.1) is 0 Å². The minimum Gasteiger partial charge on any atom is -0.486 e. The Morgan fingerprint density at radius 1 is 1.30 bits per heavy atom. The number of aliphatic hydroxyl groups is 1. The highest BCUT2D eigenvalue weighted by molar-refractivity contribution is 7.98. The number of aliphatic hydroxyl groups excluding tert-OH is 1. The molecule has 5 heteroatoms. The molecule has 2 N–H and O–H groups in total. The van der Waals surface area contributed by atoms with Gasteiger partial charge in [-0.3, -0.25) is 0 Å². The van der Waals surface area contributed by atoms with Gasteiger partial charge in [-0.15, -0.1) is 11.8 Å². The molecule has 4 nitrogen and oxygen atoms in total. The molecular weight excluding hydrogens is 274 g/mol. The fourth-order valence-electron chi connectivity index (χ4n) is 2.22. The monoisotopic (exact) mass is 297 g/mol. The van der Waals surface area contributed by atoms with Gasteiger partial charge >= 0.3 is 0 Å². The van der Waals surface area contributed by atoms with E-state index < -0.39 is 0 Å². The van der Waals surface area contributed by atoms with Gasteiger partial charge in [-0.25, -0.2) is 0 Å². The molecule has 1 aliphatic heterocycles. The molecule has 20 heavy (non-hydrogen) atoms. The molecule has 1 unspecified atom stereocenters. The number of nitrogens with one attached hydrogen (secondary N) is 1. The minimum atomic E-state index is 0.256. The first-order chi connectivity index (χ1) is 9.74. The van der Waals surface area contributed by atoms with Crippen molar-refractivity contribution in [3.8, 4) is 11.5 Å². The molecule has 0 bridgehead atoms. The molecule has 1 atom stereocenters. The molecule has 1 aliphatic rings. The Bertz CT molecular complexity index is 439. The van der Waals surface area contributed by atoms with E-state index >= 15 is 0 Å².